The summed E-state index contributed by atoms with van der Waals surface area (Å²) in [5, 5.41) is 1.36. The van der Waals surface area contributed by atoms with E-state index in [2.05, 4.69) is 170 Å². The molecule has 6 aromatic rings. The summed E-state index contributed by atoms with van der Waals surface area (Å²) < 4.78 is 2.80. The molecule has 0 unspecified atom stereocenters. The molecule has 5 aromatic carbocycles. The Morgan fingerprint density at radius 2 is 1.29 bits per heavy atom. The summed E-state index contributed by atoms with van der Waals surface area (Å²) in [6, 6.07) is 35.8. The second-order valence-electron chi connectivity index (χ2n) is 18.0. The van der Waals surface area contributed by atoms with Crippen molar-refractivity contribution < 1.29 is 0 Å². The SMILES string of the molecule is Cc1cccc(N2c3cc(C)ccc3B3c4sc5ccc(C(C)(C)C)cc5c4N(c4ccc5c(c4)C(C)(C)CCC5(C)C)c4cc(C)cc2c43)c1. The van der Waals surface area contributed by atoms with Crippen molar-refractivity contribution in [1.82, 2.24) is 0 Å². The lowest BCUT2D eigenvalue weighted by Crippen LogP contribution is -2.60. The average Bonchev–Trinajstić information content (AvgIpc) is 3.44. The first-order valence-corrected chi connectivity index (χ1v) is 19.6. The molecular weight excluding hydrogens is 635 g/mol. The second kappa shape index (κ2) is 10.9. The van der Waals surface area contributed by atoms with E-state index in [1.807, 2.05) is 11.3 Å². The van der Waals surface area contributed by atoms with Gasteiger partial charge in [-0.2, -0.15) is 0 Å². The van der Waals surface area contributed by atoms with Crippen LogP contribution >= 0.6 is 11.3 Å². The van der Waals surface area contributed by atoms with Gasteiger partial charge < -0.3 is 9.80 Å². The lowest BCUT2D eigenvalue weighted by molar-refractivity contribution is 0.332. The van der Waals surface area contributed by atoms with Crippen molar-refractivity contribution in [1.29, 1.82) is 0 Å². The van der Waals surface area contributed by atoms with Crippen LogP contribution in [0.5, 0.6) is 0 Å². The van der Waals surface area contributed by atoms with E-state index in [0.717, 1.165) is 0 Å². The summed E-state index contributed by atoms with van der Waals surface area (Å²) in [5.41, 5.74) is 19.1. The van der Waals surface area contributed by atoms with Gasteiger partial charge >= 0.3 is 0 Å². The topological polar surface area (TPSA) is 6.48 Å². The number of aryl methyl sites for hydroxylation is 3. The van der Waals surface area contributed by atoms with E-state index in [-0.39, 0.29) is 23.0 Å². The van der Waals surface area contributed by atoms with Gasteiger partial charge in [-0.15, -0.1) is 11.3 Å². The Hall–Kier alpha value is -4.28. The van der Waals surface area contributed by atoms with E-state index in [1.54, 1.807) is 0 Å². The molecular formula is C47H49BN2S. The molecule has 0 fully saturated rings. The Balaban J connectivity index is 1.40. The quantitative estimate of drug-likeness (QED) is 0.167. The number of anilines is 6. The fraction of sp³-hybridized carbons (Fsp3) is 0.319. The maximum Gasteiger partial charge on any atom is 0.264 e. The fourth-order valence-corrected chi connectivity index (χ4v) is 10.5. The molecule has 1 aromatic heterocycles. The lowest BCUT2D eigenvalue weighted by atomic mass is 9.36. The maximum atomic E-state index is 2.66. The van der Waals surface area contributed by atoms with Crippen LogP contribution in [0, 0.1) is 20.8 Å². The van der Waals surface area contributed by atoms with Crippen LogP contribution in [0.1, 0.15) is 94.7 Å². The number of fused-ring (bicyclic) bond motifs is 7. The minimum Gasteiger partial charge on any atom is -0.311 e. The van der Waals surface area contributed by atoms with Crippen molar-refractivity contribution in [3.63, 3.8) is 0 Å². The van der Waals surface area contributed by atoms with Crippen molar-refractivity contribution in [2.75, 3.05) is 9.80 Å². The number of rotatable bonds is 2. The van der Waals surface area contributed by atoms with Crippen molar-refractivity contribution in [2.45, 2.75) is 98.3 Å². The van der Waals surface area contributed by atoms with Gasteiger partial charge in [0.15, 0.2) is 0 Å². The first-order chi connectivity index (χ1) is 24.1. The zero-order valence-corrected chi connectivity index (χ0v) is 32.8. The molecule has 0 radical (unpaired) electrons. The van der Waals surface area contributed by atoms with E-state index in [9.17, 15) is 0 Å². The summed E-state index contributed by atoms with van der Waals surface area (Å²) >= 11 is 2.00. The van der Waals surface area contributed by atoms with E-state index in [4.69, 9.17) is 0 Å². The van der Waals surface area contributed by atoms with E-state index < -0.39 is 0 Å². The molecule has 9 rings (SSSR count). The number of hydrogen-bond acceptors (Lipinski definition) is 3. The number of hydrogen-bond donors (Lipinski definition) is 0. The first kappa shape index (κ1) is 32.6. The molecule has 0 amide bonds. The van der Waals surface area contributed by atoms with Gasteiger partial charge in [-0.05, 0) is 149 Å². The first-order valence-electron chi connectivity index (χ1n) is 18.8. The third-order valence-corrected chi connectivity index (χ3v) is 13.4. The second-order valence-corrected chi connectivity index (χ2v) is 19.1. The minimum atomic E-state index is 0.0505. The summed E-state index contributed by atoms with van der Waals surface area (Å²) in [7, 11) is 0. The Bertz CT molecular complexity index is 2420. The predicted molar refractivity (Wildman–Crippen MR) is 224 cm³/mol. The maximum absolute atomic E-state index is 2.66. The molecule has 0 bridgehead atoms. The van der Waals surface area contributed by atoms with Gasteiger partial charge in [0.05, 0.1) is 5.69 Å². The zero-order chi connectivity index (χ0) is 35.8. The van der Waals surface area contributed by atoms with E-state index in [1.165, 1.54) is 106 Å². The van der Waals surface area contributed by atoms with Crippen LogP contribution in [0.15, 0.2) is 91.0 Å². The van der Waals surface area contributed by atoms with Gasteiger partial charge in [-0.1, -0.05) is 84.9 Å². The Labute approximate surface area is 309 Å². The molecule has 1 aliphatic carbocycles. The van der Waals surface area contributed by atoms with Gasteiger partial charge in [0.25, 0.3) is 6.71 Å². The molecule has 2 nitrogen and oxygen atoms in total. The lowest BCUT2D eigenvalue weighted by Gasteiger charge is -2.45. The molecule has 256 valence electrons. The van der Waals surface area contributed by atoms with Crippen LogP contribution in [0.25, 0.3) is 10.1 Å². The molecule has 0 spiro atoms. The number of benzene rings is 5. The van der Waals surface area contributed by atoms with Gasteiger partial charge in [-0.3, -0.25) is 0 Å². The summed E-state index contributed by atoms with van der Waals surface area (Å²) in [5.74, 6) is 0. The standard InChI is InChI=1S/C47H49BN2S/c1-28-12-11-13-32(22-28)49-38-23-29(2)14-18-37(38)48-42-39(49)24-30(3)25-40(42)50(33-16-17-35-36(27-33)47(9,10)21-20-46(35,7)8)43-34-26-31(45(4,5)6)15-19-41(34)51-44(43)48/h11-19,22-27H,20-21H2,1-10H3. The predicted octanol–water partition coefficient (Wildman–Crippen LogP) is 11.6. The van der Waals surface area contributed by atoms with Crippen LogP contribution in [0.2, 0.25) is 0 Å². The number of nitrogens with zero attached hydrogens (tertiary/aromatic N) is 2. The van der Waals surface area contributed by atoms with Crippen molar-refractivity contribution in [3.8, 4) is 0 Å². The molecule has 0 atom stereocenters. The molecule has 4 heteroatoms. The van der Waals surface area contributed by atoms with Gasteiger partial charge in [0, 0.05) is 43.3 Å². The Morgan fingerprint density at radius 1 is 0.627 bits per heavy atom. The summed E-state index contributed by atoms with van der Waals surface area (Å²) in [4.78, 5) is 5.21. The van der Waals surface area contributed by atoms with E-state index >= 15 is 0 Å². The third-order valence-electron chi connectivity index (χ3n) is 12.2. The zero-order valence-electron chi connectivity index (χ0n) is 32.0. The Kier molecular flexibility index (Phi) is 6.95. The molecule has 3 heterocycles. The van der Waals surface area contributed by atoms with Crippen LogP contribution in [0.4, 0.5) is 34.1 Å². The minimum absolute atomic E-state index is 0.0505. The van der Waals surface area contributed by atoms with Crippen molar-refractivity contribution >= 4 is 78.0 Å². The highest BCUT2D eigenvalue weighted by molar-refractivity contribution is 7.33. The van der Waals surface area contributed by atoms with Crippen LogP contribution in [-0.4, -0.2) is 6.71 Å². The van der Waals surface area contributed by atoms with Crippen LogP contribution in [0.3, 0.4) is 0 Å². The molecule has 0 saturated carbocycles. The summed E-state index contributed by atoms with van der Waals surface area (Å²) in [6.07, 6.45) is 2.41. The van der Waals surface area contributed by atoms with Crippen molar-refractivity contribution in [2.24, 2.45) is 0 Å². The Morgan fingerprint density at radius 3 is 2.02 bits per heavy atom. The van der Waals surface area contributed by atoms with Gasteiger partial charge in [-0.25, -0.2) is 0 Å². The normalized spacial score (nSPS) is 16.9. The fourth-order valence-electron chi connectivity index (χ4n) is 9.22. The van der Waals surface area contributed by atoms with E-state index in [0.29, 0.717) is 0 Å². The van der Waals surface area contributed by atoms with Crippen LogP contribution < -0.4 is 25.5 Å². The van der Waals surface area contributed by atoms with Gasteiger partial charge in [0.1, 0.15) is 0 Å². The highest BCUT2D eigenvalue weighted by Crippen LogP contribution is 2.52. The highest BCUT2D eigenvalue weighted by Gasteiger charge is 2.46. The molecule has 2 aliphatic heterocycles. The van der Waals surface area contributed by atoms with Crippen LogP contribution in [-0.2, 0) is 16.2 Å². The monoisotopic (exact) mass is 684 g/mol. The molecule has 0 saturated heterocycles. The smallest absolute Gasteiger partial charge is 0.264 e. The number of thiophene rings is 1. The molecule has 0 N–H and O–H groups in total. The highest BCUT2D eigenvalue weighted by atomic mass is 32.1. The largest absolute Gasteiger partial charge is 0.311 e. The van der Waals surface area contributed by atoms with Gasteiger partial charge in [0.2, 0.25) is 0 Å². The van der Waals surface area contributed by atoms with Crippen molar-refractivity contribution in [3.05, 3.63) is 124 Å². The third kappa shape index (κ3) is 4.89. The average molecular weight is 685 g/mol. The molecule has 51 heavy (non-hydrogen) atoms. The summed E-state index contributed by atoms with van der Waals surface area (Å²) in [6.45, 7) is 23.6. The molecule has 3 aliphatic rings.